The minimum Gasteiger partial charge on any atom is -0.369 e. The van der Waals surface area contributed by atoms with Gasteiger partial charge in [-0.3, -0.25) is 0 Å². The normalized spacial score (nSPS) is 34.4. The molecular formula is C24H23F4NO3S. The molecule has 2 aliphatic heterocycles. The Bertz CT molecular complexity index is 1210. The lowest BCUT2D eigenvalue weighted by Crippen LogP contribution is -2.74. The molecular weight excluding hydrogens is 458 g/mol. The predicted octanol–water partition coefficient (Wildman–Crippen LogP) is 4.18. The van der Waals surface area contributed by atoms with E-state index in [0.717, 1.165) is 23.4 Å². The van der Waals surface area contributed by atoms with Crippen LogP contribution in [0.3, 0.4) is 0 Å². The van der Waals surface area contributed by atoms with Gasteiger partial charge < -0.3 is 9.64 Å². The Morgan fingerprint density at radius 3 is 2.09 bits per heavy atom. The van der Waals surface area contributed by atoms with Crippen molar-refractivity contribution in [3.63, 3.8) is 0 Å². The maximum Gasteiger partial charge on any atom is 0.288 e. The maximum atomic E-state index is 15.7. The lowest BCUT2D eigenvalue weighted by molar-refractivity contribution is -0.306. The van der Waals surface area contributed by atoms with Crippen LogP contribution < -0.4 is 4.90 Å². The second kappa shape index (κ2) is 6.50. The van der Waals surface area contributed by atoms with Gasteiger partial charge in [0.2, 0.25) is 0 Å². The van der Waals surface area contributed by atoms with Gasteiger partial charge in [0, 0.05) is 35.8 Å². The van der Waals surface area contributed by atoms with Crippen LogP contribution in [0.2, 0.25) is 0 Å². The first-order valence-corrected chi connectivity index (χ1v) is 12.9. The second-order valence-corrected chi connectivity index (χ2v) is 12.4. The molecule has 5 fully saturated rings. The van der Waals surface area contributed by atoms with Crippen molar-refractivity contribution in [1.29, 1.82) is 0 Å². The summed E-state index contributed by atoms with van der Waals surface area (Å²) in [7, 11) is -2.96. The zero-order valence-electron chi connectivity index (χ0n) is 17.8. The first-order chi connectivity index (χ1) is 15.5. The average Bonchev–Trinajstić information content (AvgIpc) is 3.49. The molecule has 0 spiro atoms. The number of rotatable bonds is 5. The smallest absolute Gasteiger partial charge is 0.288 e. The fourth-order valence-electron chi connectivity index (χ4n) is 6.25. The molecule has 4 nitrogen and oxygen atoms in total. The topological polar surface area (TPSA) is 49.9 Å². The summed E-state index contributed by atoms with van der Waals surface area (Å²) in [6, 6.07) is 10.4. The number of anilines is 1. The van der Waals surface area contributed by atoms with Gasteiger partial charge in [0.15, 0.2) is 15.4 Å². The summed E-state index contributed by atoms with van der Waals surface area (Å²) in [6.07, 6.45) is 0.882. The summed E-state index contributed by atoms with van der Waals surface area (Å²) in [5, 5.41) is 0. The first kappa shape index (κ1) is 21.4. The van der Waals surface area contributed by atoms with Gasteiger partial charge in [-0.2, -0.15) is 0 Å². The number of halogens is 4. The van der Waals surface area contributed by atoms with Crippen LogP contribution in [0.5, 0.6) is 0 Å². The lowest BCUT2D eigenvalue weighted by Gasteiger charge is -2.73. The predicted molar refractivity (Wildman–Crippen MR) is 114 cm³/mol. The number of nitrogens with zero attached hydrogens (tertiary/aromatic N) is 1. The van der Waals surface area contributed by atoms with E-state index < -0.39 is 38.4 Å². The summed E-state index contributed by atoms with van der Waals surface area (Å²) in [6.45, 7) is 0.617. The zero-order chi connectivity index (χ0) is 23.3. The van der Waals surface area contributed by atoms with E-state index in [4.69, 9.17) is 4.74 Å². The SMILES string of the molecule is O=S1(=O)CCN(c2ccc(C34CC(C(F)(F)C5(c6ccc(F)cc6F)CO5)(C3)C4)cc2)CC1. The third-order valence-electron chi connectivity index (χ3n) is 8.19. The van der Waals surface area contributed by atoms with E-state index in [0.29, 0.717) is 38.4 Å². The third-order valence-corrected chi connectivity index (χ3v) is 9.80. The Kier molecular flexibility index (Phi) is 4.22. The van der Waals surface area contributed by atoms with Crippen LogP contribution in [-0.2, 0) is 25.6 Å². The van der Waals surface area contributed by atoms with Crippen molar-refractivity contribution < 1.29 is 30.7 Å². The minimum absolute atomic E-state index is 0.134. The third kappa shape index (κ3) is 2.87. The van der Waals surface area contributed by atoms with E-state index in [-0.39, 0.29) is 29.1 Å². The van der Waals surface area contributed by atoms with Crippen molar-refractivity contribution in [3.05, 3.63) is 65.2 Å². The highest BCUT2D eigenvalue weighted by Crippen LogP contribution is 2.81. The average molecular weight is 482 g/mol. The molecule has 2 bridgehead atoms. The minimum atomic E-state index is -3.26. The fraction of sp³-hybridized carbons (Fsp3) is 0.500. The molecule has 0 N–H and O–H groups in total. The molecule has 9 heteroatoms. The molecule has 1 unspecified atom stereocenters. The Hall–Kier alpha value is -2.13. The Morgan fingerprint density at radius 2 is 1.55 bits per heavy atom. The molecule has 0 aromatic heterocycles. The molecule has 2 aromatic carbocycles. The van der Waals surface area contributed by atoms with Gasteiger partial charge in [0.05, 0.1) is 18.1 Å². The molecule has 2 saturated heterocycles. The number of sulfone groups is 1. The molecule has 1 atom stereocenters. The summed E-state index contributed by atoms with van der Waals surface area (Å²) in [5.41, 5.74) is -1.93. The van der Waals surface area contributed by atoms with Crippen molar-refractivity contribution in [2.45, 2.75) is 36.2 Å². The monoisotopic (exact) mass is 481 g/mol. The fourth-order valence-corrected chi connectivity index (χ4v) is 7.45. The highest BCUT2D eigenvalue weighted by Gasteiger charge is 2.85. The Labute approximate surface area is 189 Å². The van der Waals surface area contributed by atoms with Gasteiger partial charge >= 0.3 is 0 Å². The van der Waals surface area contributed by atoms with Crippen molar-refractivity contribution in [1.82, 2.24) is 0 Å². The highest BCUT2D eigenvalue weighted by atomic mass is 32.2. The quantitative estimate of drug-likeness (QED) is 0.475. The molecule has 5 aliphatic rings. The Balaban J connectivity index is 1.18. The van der Waals surface area contributed by atoms with E-state index in [1.165, 1.54) is 0 Å². The summed E-state index contributed by atoms with van der Waals surface area (Å²) in [4.78, 5) is 2.02. The number of ether oxygens (including phenoxy) is 1. The van der Waals surface area contributed by atoms with Gasteiger partial charge in [0.25, 0.3) is 5.92 Å². The summed E-state index contributed by atoms with van der Waals surface area (Å²) < 4.78 is 87.5. The van der Waals surface area contributed by atoms with E-state index in [2.05, 4.69) is 0 Å². The highest BCUT2D eigenvalue weighted by molar-refractivity contribution is 7.91. The van der Waals surface area contributed by atoms with Crippen LogP contribution in [-0.4, -0.2) is 45.5 Å². The van der Waals surface area contributed by atoms with Crippen LogP contribution in [0.4, 0.5) is 23.2 Å². The molecule has 7 rings (SSSR count). The van der Waals surface area contributed by atoms with Gasteiger partial charge in [-0.05, 0) is 54.5 Å². The van der Waals surface area contributed by atoms with Crippen LogP contribution in [0.1, 0.15) is 30.4 Å². The van der Waals surface area contributed by atoms with Crippen molar-refractivity contribution >= 4 is 15.5 Å². The van der Waals surface area contributed by atoms with Gasteiger partial charge in [-0.1, -0.05) is 12.1 Å². The molecule has 0 amide bonds. The number of alkyl halides is 2. The van der Waals surface area contributed by atoms with Crippen LogP contribution in [0.25, 0.3) is 0 Å². The maximum absolute atomic E-state index is 15.7. The molecule has 0 radical (unpaired) electrons. The Morgan fingerprint density at radius 1 is 0.939 bits per heavy atom. The van der Waals surface area contributed by atoms with Gasteiger partial charge in [-0.25, -0.2) is 26.0 Å². The zero-order valence-corrected chi connectivity index (χ0v) is 18.6. The van der Waals surface area contributed by atoms with Crippen LogP contribution in [0, 0.1) is 17.0 Å². The standard InChI is InChI=1S/C24H23F4NO3S/c25-17-3-6-19(20(26)11-17)23(15-32-23)24(27,28)22-12-21(13-22,14-22)16-1-4-18(5-2-16)29-7-9-33(30,31)10-8-29/h1-6,11H,7-10,12-15H2. The molecule has 3 aliphatic carbocycles. The van der Waals surface area contributed by atoms with E-state index in [1.807, 2.05) is 29.2 Å². The van der Waals surface area contributed by atoms with Crippen LogP contribution >= 0.6 is 0 Å². The van der Waals surface area contributed by atoms with Crippen molar-refractivity contribution in [2.75, 3.05) is 36.1 Å². The number of epoxide rings is 1. The van der Waals surface area contributed by atoms with E-state index >= 15 is 8.78 Å². The summed E-state index contributed by atoms with van der Waals surface area (Å²) in [5.74, 6) is -4.81. The summed E-state index contributed by atoms with van der Waals surface area (Å²) >= 11 is 0. The second-order valence-electron chi connectivity index (χ2n) is 10.1. The molecule has 2 heterocycles. The van der Waals surface area contributed by atoms with Crippen LogP contribution in [0.15, 0.2) is 42.5 Å². The number of benzene rings is 2. The van der Waals surface area contributed by atoms with Gasteiger partial charge in [0.1, 0.15) is 11.6 Å². The number of hydrogen-bond donors (Lipinski definition) is 0. The van der Waals surface area contributed by atoms with Gasteiger partial charge in [-0.15, -0.1) is 0 Å². The van der Waals surface area contributed by atoms with E-state index in [9.17, 15) is 17.2 Å². The molecule has 33 heavy (non-hydrogen) atoms. The van der Waals surface area contributed by atoms with Crippen molar-refractivity contribution in [2.24, 2.45) is 5.41 Å². The molecule has 2 aromatic rings. The largest absolute Gasteiger partial charge is 0.369 e. The van der Waals surface area contributed by atoms with Crippen molar-refractivity contribution in [3.8, 4) is 0 Å². The first-order valence-electron chi connectivity index (χ1n) is 11.0. The lowest BCUT2D eigenvalue weighted by atomic mass is 9.31. The van der Waals surface area contributed by atoms with E-state index in [1.54, 1.807) is 0 Å². The molecule has 176 valence electrons. The molecule has 3 saturated carbocycles. The number of hydrogen-bond acceptors (Lipinski definition) is 4.